The van der Waals surface area contributed by atoms with Gasteiger partial charge in [-0.2, -0.15) is 4.40 Å². The second-order valence-corrected chi connectivity index (χ2v) is 5.58. The van der Waals surface area contributed by atoms with Crippen molar-refractivity contribution in [1.82, 2.24) is 4.40 Å². The van der Waals surface area contributed by atoms with Crippen LogP contribution in [0.5, 0.6) is 0 Å². The zero-order chi connectivity index (χ0) is 14.1. The van der Waals surface area contributed by atoms with Crippen molar-refractivity contribution in [3.8, 4) is 0 Å². The van der Waals surface area contributed by atoms with E-state index in [0.717, 1.165) is 12.8 Å². The van der Waals surface area contributed by atoms with Gasteiger partial charge in [-0.15, -0.1) is 0 Å². The number of rotatable bonds is 4. The first-order valence-corrected chi connectivity index (χ1v) is 7.67. The maximum absolute atomic E-state index is 2.35. The minimum Gasteiger partial charge on any atom is -0.233 e. The molecule has 0 amide bonds. The number of fused-ring (bicyclic) bond motifs is 3. The molecule has 20 heavy (non-hydrogen) atoms. The lowest BCUT2D eigenvalue weighted by molar-refractivity contribution is -0.644. The number of aromatic nitrogens is 2. The molecular weight excluding hydrogens is 244 g/mol. The minimum atomic E-state index is 1.15. The van der Waals surface area contributed by atoms with E-state index in [-0.39, 0.29) is 0 Å². The van der Waals surface area contributed by atoms with Crippen LogP contribution in [0.2, 0.25) is 0 Å². The monoisotopic (exact) mass is 267 g/mol. The Morgan fingerprint density at radius 3 is 2.45 bits per heavy atom. The Morgan fingerprint density at radius 1 is 1.00 bits per heavy atom. The van der Waals surface area contributed by atoms with Crippen molar-refractivity contribution in [1.29, 1.82) is 0 Å². The summed E-state index contributed by atoms with van der Waals surface area (Å²) in [5.41, 5.74) is 5.76. The van der Waals surface area contributed by atoms with Crippen LogP contribution in [0.15, 0.2) is 36.7 Å². The lowest BCUT2D eigenvalue weighted by Crippen LogP contribution is -2.27. The number of hydrogen-bond donors (Lipinski definition) is 0. The molecule has 3 aromatic rings. The third-order valence-electron chi connectivity index (χ3n) is 4.12. The van der Waals surface area contributed by atoms with Gasteiger partial charge in [0, 0.05) is 10.9 Å². The summed E-state index contributed by atoms with van der Waals surface area (Å²) in [6.45, 7) is 4.54. The Hall–Kier alpha value is -1.83. The van der Waals surface area contributed by atoms with E-state index in [1.165, 1.54) is 35.0 Å². The number of pyridine rings is 1. The third kappa shape index (κ3) is 1.91. The predicted octanol–water partition coefficient (Wildman–Crippen LogP) is 3.82. The molecule has 0 saturated carbocycles. The Bertz CT molecular complexity index is 753. The SMILES string of the molecule is CCCc1c(CCC)c2n(cc[n+]2C)c2ccccc12. The van der Waals surface area contributed by atoms with Gasteiger partial charge in [0.05, 0.1) is 7.05 Å². The van der Waals surface area contributed by atoms with E-state index in [1.807, 2.05) is 0 Å². The number of aryl methyl sites for hydroxylation is 3. The molecule has 0 radical (unpaired) electrons. The second-order valence-electron chi connectivity index (χ2n) is 5.58. The number of nitrogens with zero attached hydrogens (tertiary/aromatic N) is 2. The van der Waals surface area contributed by atoms with Gasteiger partial charge >= 0.3 is 0 Å². The van der Waals surface area contributed by atoms with Crippen LogP contribution in [-0.2, 0) is 19.9 Å². The first-order chi connectivity index (χ1) is 9.77. The van der Waals surface area contributed by atoms with Crippen molar-refractivity contribution in [3.63, 3.8) is 0 Å². The maximum atomic E-state index is 2.35. The molecule has 0 aliphatic rings. The second kappa shape index (κ2) is 5.28. The number of hydrogen-bond acceptors (Lipinski definition) is 0. The van der Waals surface area contributed by atoms with E-state index in [1.54, 1.807) is 5.56 Å². The van der Waals surface area contributed by atoms with Gasteiger partial charge in [-0.1, -0.05) is 44.9 Å². The van der Waals surface area contributed by atoms with E-state index in [9.17, 15) is 0 Å². The van der Waals surface area contributed by atoms with Crippen molar-refractivity contribution >= 4 is 16.6 Å². The zero-order valence-electron chi connectivity index (χ0n) is 12.7. The summed E-state index contributed by atoms with van der Waals surface area (Å²) in [4.78, 5) is 0. The highest BCUT2D eigenvalue weighted by atomic mass is 15.1. The summed E-state index contributed by atoms with van der Waals surface area (Å²) in [5.74, 6) is 0. The summed E-state index contributed by atoms with van der Waals surface area (Å²) >= 11 is 0. The van der Waals surface area contributed by atoms with Crippen LogP contribution in [0.4, 0.5) is 0 Å². The fourth-order valence-electron chi connectivity index (χ4n) is 3.32. The van der Waals surface area contributed by atoms with Crippen LogP contribution in [0.1, 0.15) is 37.8 Å². The van der Waals surface area contributed by atoms with Crippen molar-refractivity contribution in [2.24, 2.45) is 7.05 Å². The maximum Gasteiger partial charge on any atom is 0.290 e. The van der Waals surface area contributed by atoms with E-state index in [0.29, 0.717) is 0 Å². The Morgan fingerprint density at radius 2 is 1.70 bits per heavy atom. The zero-order valence-corrected chi connectivity index (χ0v) is 12.7. The van der Waals surface area contributed by atoms with E-state index >= 15 is 0 Å². The van der Waals surface area contributed by atoms with Crippen molar-refractivity contribution < 1.29 is 4.57 Å². The van der Waals surface area contributed by atoms with Crippen molar-refractivity contribution in [2.75, 3.05) is 0 Å². The van der Waals surface area contributed by atoms with Gasteiger partial charge in [0.2, 0.25) is 0 Å². The standard InChI is InChI=1S/C18H23N2/c1-4-8-14-15-10-6-7-11-17(15)20-13-12-19(3)18(20)16(14)9-5-2/h6-7,10-13H,4-5,8-9H2,1-3H3/q+1. The van der Waals surface area contributed by atoms with Crippen LogP contribution in [0.25, 0.3) is 16.6 Å². The number of benzene rings is 1. The summed E-state index contributed by atoms with van der Waals surface area (Å²) in [6.07, 6.45) is 9.06. The quantitative estimate of drug-likeness (QED) is 0.635. The fourth-order valence-corrected chi connectivity index (χ4v) is 3.32. The Labute approximate surface area is 120 Å². The summed E-state index contributed by atoms with van der Waals surface area (Å²) < 4.78 is 4.61. The van der Waals surface area contributed by atoms with Crippen molar-refractivity contribution in [2.45, 2.75) is 39.5 Å². The summed E-state index contributed by atoms with van der Waals surface area (Å²) in [6, 6.07) is 8.81. The summed E-state index contributed by atoms with van der Waals surface area (Å²) in [7, 11) is 2.15. The molecule has 0 aliphatic heterocycles. The highest BCUT2D eigenvalue weighted by molar-refractivity contribution is 5.87. The highest BCUT2D eigenvalue weighted by Crippen LogP contribution is 2.27. The molecule has 0 spiro atoms. The van der Waals surface area contributed by atoms with Crippen LogP contribution in [0, 0.1) is 0 Å². The van der Waals surface area contributed by atoms with Crippen LogP contribution < -0.4 is 4.57 Å². The lowest BCUT2D eigenvalue weighted by Gasteiger charge is -2.11. The normalized spacial score (nSPS) is 11.6. The molecule has 0 bridgehead atoms. The van der Waals surface area contributed by atoms with Gasteiger partial charge in [0.15, 0.2) is 0 Å². The minimum absolute atomic E-state index is 1.15. The molecule has 1 aromatic carbocycles. The van der Waals surface area contributed by atoms with Gasteiger partial charge in [-0.05, 0) is 24.5 Å². The molecule has 0 N–H and O–H groups in total. The molecule has 0 aliphatic carbocycles. The Balaban J connectivity index is 2.49. The molecule has 2 heterocycles. The molecule has 2 nitrogen and oxygen atoms in total. The lowest BCUT2D eigenvalue weighted by atomic mass is 9.96. The molecule has 3 rings (SSSR count). The molecule has 0 fully saturated rings. The van der Waals surface area contributed by atoms with Gasteiger partial charge < -0.3 is 0 Å². The van der Waals surface area contributed by atoms with Crippen LogP contribution in [-0.4, -0.2) is 4.40 Å². The Kier molecular flexibility index (Phi) is 3.47. The average molecular weight is 267 g/mol. The van der Waals surface area contributed by atoms with Gasteiger partial charge in [0.25, 0.3) is 5.65 Å². The van der Waals surface area contributed by atoms with Gasteiger partial charge in [0.1, 0.15) is 17.9 Å². The van der Waals surface area contributed by atoms with E-state index in [4.69, 9.17) is 0 Å². The fraction of sp³-hybridized carbons (Fsp3) is 0.389. The average Bonchev–Trinajstić information content (AvgIpc) is 2.85. The first kappa shape index (κ1) is 13.2. The molecule has 0 atom stereocenters. The first-order valence-electron chi connectivity index (χ1n) is 7.67. The number of para-hydroxylation sites is 1. The molecule has 2 aromatic heterocycles. The molecular formula is C18H23N2+. The van der Waals surface area contributed by atoms with E-state index < -0.39 is 0 Å². The molecule has 0 saturated heterocycles. The highest BCUT2D eigenvalue weighted by Gasteiger charge is 2.20. The molecule has 2 heteroatoms. The van der Waals surface area contributed by atoms with Crippen molar-refractivity contribution in [3.05, 3.63) is 47.8 Å². The number of imidazole rings is 1. The third-order valence-corrected chi connectivity index (χ3v) is 4.12. The van der Waals surface area contributed by atoms with Crippen LogP contribution >= 0.6 is 0 Å². The predicted molar refractivity (Wildman–Crippen MR) is 84.1 cm³/mol. The smallest absolute Gasteiger partial charge is 0.233 e. The van der Waals surface area contributed by atoms with Gasteiger partial charge in [-0.25, -0.2) is 4.57 Å². The molecule has 104 valence electrons. The summed E-state index contributed by atoms with van der Waals surface area (Å²) in [5, 5.41) is 1.42. The largest absolute Gasteiger partial charge is 0.290 e. The molecule has 0 unspecified atom stereocenters. The van der Waals surface area contributed by atoms with E-state index in [2.05, 4.69) is 66.5 Å². The van der Waals surface area contributed by atoms with Gasteiger partial charge in [-0.3, -0.25) is 0 Å². The van der Waals surface area contributed by atoms with Crippen LogP contribution in [0.3, 0.4) is 0 Å². The topological polar surface area (TPSA) is 8.29 Å².